The molecular formula is C21H25N3O3. The molecule has 0 radical (unpaired) electrons. The van der Waals surface area contributed by atoms with Crippen molar-refractivity contribution in [2.45, 2.75) is 13.0 Å². The van der Waals surface area contributed by atoms with Crippen LogP contribution in [0, 0.1) is 0 Å². The molecule has 3 rings (SSSR count). The predicted molar refractivity (Wildman–Crippen MR) is 104 cm³/mol. The summed E-state index contributed by atoms with van der Waals surface area (Å²) in [6.45, 7) is 4.05. The number of benzene rings is 2. The minimum atomic E-state index is -0.278. The van der Waals surface area contributed by atoms with Crippen molar-refractivity contribution in [1.82, 2.24) is 9.80 Å². The second kappa shape index (κ2) is 9.19. The highest BCUT2D eigenvalue weighted by atomic mass is 16.5. The number of esters is 1. The van der Waals surface area contributed by atoms with E-state index in [0.29, 0.717) is 13.1 Å². The van der Waals surface area contributed by atoms with Gasteiger partial charge in [-0.15, -0.1) is 0 Å². The van der Waals surface area contributed by atoms with Gasteiger partial charge in [0, 0.05) is 38.4 Å². The molecule has 2 aromatic rings. The number of rotatable bonds is 5. The molecule has 0 spiro atoms. The van der Waals surface area contributed by atoms with Crippen LogP contribution in [0.25, 0.3) is 0 Å². The van der Waals surface area contributed by atoms with Crippen LogP contribution in [0.5, 0.6) is 0 Å². The van der Waals surface area contributed by atoms with Crippen LogP contribution in [0.4, 0.5) is 10.5 Å². The van der Waals surface area contributed by atoms with Gasteiger partial charge < -0.3 is 15.0 Å². The monoisotopic (exact) mass is 367 g/mol. The van der Waals surface area contributed by atoms with Gasteiger partial charge in [0.05, 0.1) is 13.5 Å². The first kappa shape index (κ1) is 18.9. The predicted octanol–water partition coefficient (Wildman–Crippen LogP) is 2.75. The quantitative estimate of drug-likeness (QED) is 0.826. The van der Waals surface area contributed by atoms with Gasteiger partial charge in [0.25, 0.3) is 0 Å². The second-order valence-corrected chi connectivity index (χ2v) is 6.63. The molecule has 0 unspecified atom stereocenters. The number of urea groups is 1. The van der Waals surface area contributed by atoms with Crippen LogP contribution in [0.1, 0.15) is 11.1 Å². The van der Waals surface area contributed by atoms with Crippen LogP contribution in [-0.2, 0) is 22.5 Å². The maximum atomic E-state index is 12.5. The lowest BCUT2D eigenvalue weighted by molar-refractivity contribution is -0.139. The topological polar surface area (TPSA) is 61.9 Å². The van der Waals surface area contributed by atoms with Gasteiger partial charge in [-0.2, -0.15) is 0 Å². The highest BCUT2D eigenvalue weighted by Crippen LogP contribution is 2.13. The van der Waals surface area contributed by atoms with Crippen molar-refractivity contribution in [1.29, 1.82) is 0 Å². The van der Waals surface area contributed by atoms with E-state index in [2.05, 4.69) is 39.2 Å². The Labute approximate surface area is 159 Å². The van der Waals surface area contributed by atoms with E-state index in [0.717, 1.165) is 30.9 Å². The minimum absolute atomic E-state index is 0.0879. The highest BCUT2D eigenvalue weighted by molar-refractivity contribution is 5.89. The van der Waals surface area contributed by atoms with Crippen molar-refractivity contribution >= 4 is 17.7 Å². The van der Waals surface area contributed by atoms with Crippen molar-refractivity contribution < 1.29 is 14.3 Å². The number of piperazine rings is 1. The number of methoxy groups -OCH3 is 1. The van der Waals surface area contributed by atoms with Gasteiger partial charge in [0.15, 0.2) is 0 Å². The van der Waals surface area contributed by atoms with Crippen LogP contribution >= 0.6 is 0 Å². The van der Waals surface area contributed by atoms with Crippen LogP contribution in [0.2, 0.25) is 0 Å². The van der Waals surface area contributed by atoms with Crippen molar-refractivity contribution in [3.63, 3.8) is 0 Å². The number of ether oxygens (including phenoxy) is 1. The zero-order chi connectivity index (χ0) is 19.1. The Morgan fingerprint density at radius 2 is 1.59 bits per heavy atom. The molecule has 27 heavy (non-hydrogen) atoms. The molecule has 1 heterocycles. The lowest BCUT2D eigenvalue weighted by Gasteiger charge is -2.34. The molecule has 0 saturated carbocycles. The lowest BCUT2D eigenvalue weighted by Crippen LogP contribution is -2.49. The third-order valence-electron chi connectivity index (χ3n) is 4.69. The molecule has 2 aromatic carbocycles. The molecule has 6 nitrogen and oxygen atoms in total. The normalized spacial score (nSPS) is 14.6. The number of hydrogen-bond acceptors (Lipinski definition) is 4. The molecule has 1 fully saturated rings. The van der Waals surface area contributed by atoms with Gasteiger partial charge in [-0.25, -0.2) is 4.79 Å². The maximum absolute atomic E-state index is 12.5. The summed E-state index contributed by atoms with van der Waals surface area (Å²) >= 11 is 0. The number of carbonyl (C=O) groups is 2. The molecule has 1 saturated heterocycles. The fourth-order valence-corrected chi connectivity index (χ4v) is 3.10. The van der Waals surface area contributed by atoms with Crippen molar-refractivity contribution in [3.05, 3.63) is 65.7 Å². The Balaban J connectivity index is 1.46. The van der Waals surface area contributed by atoms with Crippen molar-refractivity contribution in [2.24, 2.45) is 0 Å². The van der Waals surface area contributed by atoms with E-state index in [-0.39, 0.29) is 18.4 Å². The fourth-order valence-electron chi connectivity index (χ4n) is 3.10. The summed E-state index contributed by atoms with van der Waals surface area (Å²) in [7, 11) is 1.37. The van der Waals surface area contributed by atoms with E-state index >= 15 is 0 Å². The zero-order valence-electron chi connectivity index (χ0n) is 15.6. The molecular weight excluding hydrogens is 342 g/mol. The number of hydrogen-bond donors (Lipinski definition) is 1. The molecule has 0 atom stereocenters. The first-order chi connectivity index (χ1) is 13.1. The summed E-state index contributed by atoms with van der Waals surface area (Å²) in [4.78, 5) is 28.0. The number of nitrogens with one attached hydrogen (secondary N) is 1. The third-order valence-corrected chi connectivity index (χ3v) is 4.69. The number of nitrogens with zero attached hydrogens (tertiary/aromatic N) is 2. The van der Waals surface area contributed by atoms with E-state index in [4.69, 9.17) is 0 Å². The highest BCUT2D eigenvalue weighted by Gasteiger charge is 2.21. The molecule has 6 heteroatoms. The van der Waals surface area contributed by atoms with Gasteiger partial charge in [-0.3, -0.25) is 9.69 Å². The van der Waals surface area contributed by atoms with Crippen LogP contribution in [-0.4, -0.2) is 55.1 Å². The van der Waals surface area contributed by atoms with E-state index in [9.17, 15) is 9.59 Å². The molecule has 0 aromatic heterocycles. The standard InChI is InChI=1S/C21H25N3O3/c1-27-20(25)15-17-7-9-19(10-8-17)22-21(26)24-13-11-23(12-14-24)16-18-5-3-2-4-6-18/h2-10H,11-16H2,1H3,(H,22,26). The van der Waals surface area contributed by atoms with Gasteiger partial charge in [-0.05, 0) is 23.3 Å². The Morgan fingerprint density at radius 3 is 2.22 bits per heavy atom. The molecule has 1 N–H and O–H groups in total. The second-order valence-electron chi connectivity index (χ2n) is 6.63. The molecule has 1 aliphatic heterocycles. The lowest BCUT2D eigenvalue weighted by atomic mass is 10.1. The minimum Gasteiger partial charge on any atom is -0.469 e. The van der Waals surface area contributed by atoms with E-state index in [1.165, 1.54) is 12.7 Å². The summed E-state index contributed by atoms with van der Waals surface area (Å²) in [5, 5.41) is 2.92. The summed E-state index contributed by atoms with van der Waals surface area (Å²) < 4.78 is 4.66. The average molecular weight is 367 g/mol. The number of carbonyl (C=O) groups excluding carboxylic acids is 2. The Morgan fingerprint density at radius 1 is 0.926 bits per heavy atom. The maximum Gasteiger partial charge on any atom is 0.321 e. The zero-order valence-corrected chi connectivity index (χ0v) is 15.6. The SMILES string of the molecule is COC(=O)Cc1ccc(NC(=O)N2CCN(Cc3ccccc3)CC2)cc1. The van der Waals surface area contributed by atoms with Gasteiger partial charge >= 0.3 is 12.0 Å². The first-order valence-electron chi connectivity index (χ1n) is 9.12. The van der Waals surface area contributed by atoms with Gasteiger partial charge in [-0.1, -0.05) is 42.5 Å². The number of amides is 2. The van der Waals surface area contributed by atoms with Gasteiger partial charge in [0.1, 0.15) is 0 Å². The summed E-state index contributed by atoms with van der Waals surface area (Å²) in [5.74, 6) is -0.278. The van der Waals surface area contributed by atoms with Crippen molar-refractivity contribution in [3.8, 4) is 0 Å². The summed E-state index contributed by atoms with van der Waals surface area (Å²) in [6.07, 6.45) is 0.230. The molecule has 0 bridgehead atoms. The molecule has 2 amide bonds. The van der Waals surface area contributed by atoms with Crippen LogP contribution < -0.4 is 5.32 Å². The van der Waals surface area contributed by atoms with Crippen molar-refractivity contribution in [2.75, 3.05) is 38.6 Å². The van der Waals surface area contributed by atoms with E-state index in [1.54, 1.807) is 0 Å². The smallest absolute Gasteiger partial charge is 0.321 e. The summed E-state index contributed by atoms with van der Waals surface area (Å²) in [6, 6.07) is 17.6. The van der Waals surface area contributed by atoms with Crippen LogP contribution in [0.3, 0.4) is 0 Å². The van der Waals surface area contributed by atoms with E-state index in [1.807, 2.05) is 35.2 Å². The number of anilines is 1. The van der Waals surface area contributed by atoms with E-state index < -0.39 is 0 Å². The molecule has 1 aliphatic rings. The Hall–Kier alpha value is -2.86. The molecule has 0 aliphatic carbocycles. The fraction of sp³-hybridized carbons (Fsp3) is 0.333. The largest absolute Gasteiger partial charge is 0.469 e. The Kier molecular flexibility index (Phi) is 6.44. The van der Waals surface area contributed by atoms with Gasteiger partial charge in [0.2, 0.25) is 0 Å². The first-order valence-corrected chi connectivity index (χ1v) is 9.12. The summed E-state index contributed by atoms with van der Waals surface area (Å²) in [5.41, 5.74) is 2.87. The van der Waals surface area contributed by atoms with Crippen LogP contribution in [0.15, 0.2) is 54.6 Å². The average Bonchev–Trinajstić information content (AvgIpc) is 2.70. The molecule has 142 valence electrons. The Bertz CT molecular complexity index is 754. The third kappa shape index (κ3) is 5.56.